The normalized spacial score (nSPS) is 37.6. The molecular weight excluding hydrogens is 104 g/mol. The topological polar surface area (TPSA) is 55.1 Å². The first-order valence-corrected chi connectivity index (χ1v) is 2.79. The van der Waals surface area contributed by atoms with Gasteiger partial charge in [-0.1, -0.05) is 0 Å². The summed E-state index contributed by atoms with van der Waals surface area (Å²) in [6.45, 7) is 0.880. The van der Waals surface area contributed by atoms with Crippen molar-refractivity contribution in [2.24, 2.45) is 5.73 Å². The molecule has 1 rings (SSSR count). The number of aldehydes is 1. The molecule has 1 heterocycles. The van der Waals surface area contributed by atoms with Gasteiger partial charge >= 0.3 is 0 Å². The zero-order chi connectivity index (χ0) is 5.98. The highest BCUT2D eigenvalue weighted by molar-refractivity contribution is 5.59. The van der Waals surface area contributed by atoms with Gasteiger partial charge in [0.15, 0.2) is 0 Å². The van der Waals surface area contributed by atoms with Gasteiger partial charge in [-0.15, -0.1) is 0 Å². The molecule has 1 fully saturated rings. The summed E-state index contributed by atoms with van der Waals surface area (Å²) in [7, 11) is 0. The summed E-state index contributed by atoms with van der Waals surface area (Å²) in [4.78, 5) is 10.1. The fourth-order valence-corrected chi connectivity index (χ4v) is 0.897. The van der Waals surface area contributed by atoms with Crippen molar-refractivity contribution in [3.63, 3.8) is 0 Å². The van der Waals surface area contributed by atoms with E-state index in [0.29, 0.717) is 0 Å². The summed E-state index contributed by atoms with van der Waals surface area (Å²) < 4.78 is 0. The van der Waals surface area contributed by atoms with Crippen molar-refractivity contribution in [1.29, 1.82) is 0 Å². The molecule has 1 saturated heterocycles. The Morgan fingerprint density at radius 3 is 2.75 bits per heavy atom. The van der Waals surface area contributed by atoms with Crippen molar-refractivity contribution in [3.05, 3.63) is 0 Å². The summed E-state index contributed by atoms with van der Waals surface area (Å²) in [5.41, 5.74) is 5.50. The van der Waals surface area contributed by atoms with Gasteiger partial charge in [-0.3, -0.25) is 0 Å². The van der Waals surface area contributed by atoms with Crippen LogP contribution in [-0.4, -0.2) is 24.9 Å². The average Bonchev–Trinajstić information content (AvgIpc) is 2.14. The van der Waals surface area contributed by atoms with Crippen molar-refractivity contribution in [1.82, 2.24) is 5.32 Å². The lowest BCUT2D eigenvalue weighted by atomic mass is 10.2. The van der Waals surface area contributed by atoms with Gasteiger partial charge < -0.3 is 15.8 Å². The summed E-state index contributed by atoms with van der Waals surface area (Å²) in [5, 5.41) is 2.96. The van der Waals surface area contributed by atoms with Crippen LogP contribution in [0.2, 0.25) is 0 Å². The van der Waals surface area contributed by atoms with Crippen LogP contribution in [0.5, 0.6) is 0 Å². The first-order valence-electron chi connectivity index (χ1n) is 2.79. The minimum Gasteiger partial charge on any atom is -0.326 e. The fourth-order valence-electron chi connectivity index (χ4n) is 0.897. The van der Waals surface area contributed by atoms with Crippen LogP contribution in [0, 0.1) is 0 Å². The molecule has 0 spiro atoms. The Morgan fingerprint density at radius 1 is 1.75 bits per heavy atom. The van der Waals surface area contributed by atoms with Crippen LogP contribution in [0.25, 0.3) is 0 Å². The molecule has 3 nitrogen and oxygen atoms in total. The van der Waals surface area contributed by atoms with E-state index in [0.717, 1.165) is 19.3 Å². The van der Waals surface area contributed by atoms with E-state index in [2.05, 4.69) is 5.32 Å². The van der Waals surface area contributed by atoms with Crippen LogP contribution in [0.15, 0.2) is 0 Å². The second kappa shape index (κ2) is 2.24. The third-order valence-electron chi connectivity index (χ3n) is 1.47. The van der Waals surface area contributed by atoms with Crippen molar-refractivity contribution in [2.75, 3.05) is 6.54 Å². The molecule has 0 aromatic rings. The van der Waals surface area contributed by atoms with Crippen LogP contribution >= 0.6 is 0 Å². The van der Waals surface area contributed by atoms with E-state index in [9.17, 15) is 4.79 Å². The highest BCUT2D eigenvalue weighted by Gasteiger charge is 2.21. The highest BCUT2D eigenvalue weighted by Crippen LogP contribution is 1.99. The number of carbonyl (C=O) groups excluding carboxylic acids is 1. The summed E-state index contributed by atoms with van der Waals surface area (Å²) in [5.74, 6) is 0. The first kappa shape index (κ1) is 5.72. The van der Waals surface area contributed by atoms with E-state index < -0.39 is 0 Å². The SMILES string of the molecule is N[C@H]1CCNC1C=O. The van der Waals surface area contributed by atoms with Gasteiger partial charge in [-0.2, -0.15) is 0 Å². The molecule has 0 aromatic carbocycles. The molecule has 1 aliphatic rings. The zero-order valence-electron chi connectivity index (χ0n) is 4.63. The number of hydrogen-bond acceptors (Lipinski definition) is 3. The maximum absolute atomic E-state index is 10.1. The molecule has 1 aliphatic heterocycles. The summed E-state index contributed by atoms with van der Waals surface area (Å²) >= 11 is 0. The van der Waals surface area contributed by atoms with Crippen LogP contribution in [0.3, 0.4) is 0 Å². The van der Waals surface area contributed by atoms with Gasteiger partial charge in [0.2, 0.25) is 0 Å². The molecule has 1 unspecified atom stereocenters. The smallest absolute Gasteiger partial charge is 0.138 e. The van der Waals surface area contributed by atoms with Crippen LogP contribution in [-0.2, 0) is 4.79 Å². The largest absolute Gasteiger partial charge is 0.326 e. The first-order chi connectivity index (χ1) is 3.84. The standard InChI is InChI=1S/C5H10N2O/c6-4-1-2-7-5(4)3-8/h3-5,7H,1-2,6H2/t4-,5?/m0/s1. The predicted molar refractivity (Wildman–Crippen MR) is 30.4 cm³/mol. The minimum absolute atomic E-state index is 0.0486. The van der Waals surface area contributed by atoms with E-state index in [-0.39, 0.29) is 12.1 Å². The molecule has 0 aromatic heterocycles. The van der Waals surface area contributed by atoms with Crippen molar-refractivity contribution in [2.45, 2.75) is 18.5 Å². The minimum atomic E-state index is -0.0880. The van der Waals surface area contributed by atoms with Gasteiger partial charge in [-0.05, 0) is 13.0 Å². The second-order valence-electron chi connectivity index (χ2n) is 2.07. The summed E-state index contributed by atoms with van der Waals surface area (Å²) in [6, 6.07) is -0.0394. The van der Waals surface area contributed by atoms with Gasteiger partial charge in [0, 0.05) is 6.04 Å². The van der Waals surface area contributed by atoms with E-state index in [1.165, 1.54) is 0 Å². The zero-order valence-corrected chi connectivity index (χ0v) is 4.63. The molecule has 0 amide bonds. The highest BCUT2D eigenvalue weighted by atomic mass is 16.1. The van der Waals surface area contributed by atoms with Gasteiger partial charge in [-0.25, -0.2) is 0 Å². The third-order valence-corrected chi connectivity index (χ3v) is 1.47. The Hall–Kier alpha value is -0.410. The fraction of sp³-hybridized carbons (Fsp3) is 0.800. The van der Waals surface area contributed by atoms with Crippen LogP contribution in [0.1, 0.15) is 6.42 Å². The maximum Gasteiger partial charge on any atom is 0.138 e. The number of rotatable bonds is 1. The number of nitrogens with two attached hydrogens (primary N) is 1. The van der Waals surface area contributed by atoms with Crippen molar-refractivity contribution in [3.8, 4) is 0 Å². The van der Waals surface area contributed by atoms with Gasteiger partial charge in [0.25, 0.3) is 0 Å². The lowest BCUT2D eigenvalue weighted by Crippen LogP contribution is -2.37. The molecule has 2 atom stereocenters. The maximum atomic E-state index is 10.1. The molecule has 3 N–H and O–H groups in total. The lowest BCUT2D eigenvalue weighted by Gasteiger charge is -2.04. The van der Waals surface area contributed by atoms with Gasteiger partial charge in [0.05, 0.1) is 6.04 Å². The Balaban J connectivity index is 2.41. The molecule has 0 radical (unpaired) electrons. The molecular formula is C5H10N2O. The van der Waals surface area contributed by atoms with Crippen LogP contribution < -0.4 is 11.1 Å². The van der Waals surface area contributed by atoms with Gasteiger partial charge in [0.1, 0.15) is 6.29 Å². The van der Waals surface area contributed by atoms with E-state index in [1.54, 1.807) is 0 Å². The quantitative estimate of drug-likeness (QED) is 0.424. The monoisotopic (exact) mass is 114 g/mol. The number of hydrogen-bond donors (Lipinski definition) is 2. The number of nitrogens with one attached hydrogen (secondary N) is 1. The van der Waals surface area contributed by atoms with Crippen molar-refractivity contribution >= 4 is 6.29 Å². The second-order valence-corrected chi connectivity index (χ2v) is 2.07. The molecule has 0 aliphatic carbocycles. The molecule has 0 saturated carbocycles. The molecule has 0 bridgehead atoms. The summed E-state index contributed by atoms with van der Waals surface area (Å²) in [6.07, 6.45) is 1.79. The molecule has 3 heteroatoms. The van der Waals surface area contributed by atoms with E-state index in [1.807, 2.05) is 0 Å². The Labute approximate surface area is 48.2 Å². The Morgan fingerprint density at radius 2 is 2.50 bits per heavy atom. The predicted octanol–water partition coefficient (Wildman–Crippen LogP) is -1.13. The molecule has 46 valence electrons. The third kappa shape index (κ3) is 0.877. The average molecular weight is 114 g/mol. The Kier molecular flexibility index (Phi) is 1.60. The van der Waals surface area contributed by atoms with Crippen molar-refractivity contribution < 1.29 is 4.79 Å². The van der Waals surface area contributed by atoms with E-state index >= 15 is 0 Å². The molecule has 8 heavy (non-hydrogen) atoms. The lowest BCUT2D eigenvalue weighted by molar-refractivity contribution is -0.109. The number of carbonyl (C=O) groups is 1. The van der Waals surface area contributed by atoms with E-state index in [4.69, 9.17) is 5.73 Å². The Bertz CT molecular complexity index is 94.4. The van der Waals surface area contributed by atoms with Crippen LogP contribution in [0.4, 0.5) is 0 Å².